The van der Waals surface area contributed by atoms with E-state index < -0.39 is 0 Å². The predicted molar refractivity (Wildman–Crippen MR) is 46.0 cm³/mol. The van der Waals surface area contributed by atoms with Gasteiger partial charge >= 0.3 is 0 Å². The summed E-state index contributed by atoms with van der Waals surface area (Å²) in [6.45, 7) is 0.109. The first-order valence-corrected chi connectivity index (χ1v) is 2.37. The van der Waals surface area contributed by atoms with Crippen LogP contribution in [0.25, 0.3) is 0 Å². The molecular weight excluding hydrogens is 177 g/mol. The molecule has 0 rings (SSSR count). The number of aliphatic hydroxyl groups excluding tert-OH is 1. The van der Waals surface area contributed by atoms with Gasteiger partial charge in [-0.1, -0.05) is 0 Å². The molecule has 0 aliphatic heterocycles. The van der Waals surface area contributed by atoms with Crippen LogP contribution in [0.15, 0.2) is 0 Å². The molecule has 1 atom stereocenters. The molecule has 0 saturated carbocycles. The van der Waals surface area contributed by atoms with Gasteiger partial charge in [-0.25, -0.2) is 0 Å². The molecule has 0 aromatic heterocycles. The Morgan fingerprint density at radius 3 is 1.90 bits per heavy atom. The standard InChI is InChI=1S/C4H11N3O.2ClH/c5-1-3(2-8)4(6)7;;/h3,8H,1-2,5H2,(H3,6,7);2*1H. The van der Waals surface area contributed by atoms with Gasteiger partial charge in [-0.05, 0) is 0 Å². The molecule has 0 aromatic carbocycles. The molecule has 0 radical (unpaired) electrons. The van der Waals surface area contributed by atoms with E-state index in [-0.39, 0.29) is 49.7 Å². The third-order valence-corrected chi connectivity index (χ3v) is 0.945. The third kappa shape index (κ3) is 6.10. The van der Waals surface area contributed by atoms with E-state index in [9.17, 15) is 0 Å². The summed E-state index contributed by atoms with van der Waals surface area (Å²) in [7, 11) is 0. The van der Waals surface area contributed by atoms with E-state index in [4.69, 9.17) is 22.0 Å². The fraction of sp³-hybridized carbons (Fsp3) is 0.750. The highest BCUT2D eigenvalue weighted by Gasteiger charge is 2.05. The molecule has 6 heteroatoms. The highest BCUT2D eigenvalue weighted by Crippen LogP contribution is 1.87. The van der Waals surface area contributed by atoms with Crippen LogP contribution in [0, 0.1) is 11.3 Å². The first-order chi connectivity index (χ1) is 3.72. The van der Waals surface area contributed by atoms with Crippen molar-refractivity contribution in [3.63, 3.8) is 0 Å². The molecule has 4 nitrogen and oxygen atoms in total. The molecule has 10 heavy (non-hydrogen) atoms. The SMILES string of the molecule is Cl.Cl.N=C(N)C(CN)CO. The molecule has 0 bridgehead atoms. The lowest BCUT2D eigenvalue weighted by Crippen LogP contribution is -2.31. The molecule has 1 unspecified atom stereocenters. The van der Waals surface area contributed by atoms with Crippen LogP contribution < -0.4 is 11.5 Å². The van der Waals surface area contributed by atoms with Gasteiger partial charge < -0.3 is 16.6 Å². The van der Waals surface area contributed by atoms with Crippen LogP contribution in [0.5, 0.6) is 0 Å². The van der Waals surface area contributed by atoms with Crippen LogP contribution in [0.1, 0.15) is 0 Å². The van der Waals surface area contributed by atoms with Crippen molar-refractivity contribution in [2.75, 3.05) is 13.2 Å². The van der Waals surface area contributed by atoms with Gasteiger partial charge in [-0.2, -0.15) is 0 Å². The largest absolute Gasteiger partial charge is 0.396 e. The van der Waals surface area contributed by atoms with E-state index in [1.165, 1.54) is 0 Å². The Hall–Kier alpha value is -0.0300. The molecule has 0 fully saturated rings. The maximum absolute atomic E-state index is 8.40. The highest BCUT2D eigenvalue weighted by atomic mass is 35.5. The smallest absolute Gasteiger partial charge is 0.0973 e. The summed E-state index contributed by atoms with van der Waals surface area (Å²) in [5.41, 5.74) is 10.1. The summed E-state index contributed by atoms with van der Waals surface area (Å²) in [4.78, 5) is 0. The molecule has 0 aromatic rings. The molecule has 0 amide bonds. The van der Waals surface area contributed by atoms with Crippen molar-refractivity contribution in [2.24, 2.45) is 17.4 Å². The maximum atomic E-state index is 8.40. The van der Waals surface area contributed by atoms with Gasteiger partial charge in [0.15, 0.2) is 0 Å². The van der Waals surface area contributed by atoms with Crippen molar-refractivity contribution < 1.29 is 5.11 Å². The van der Waals surface area contributed by atoms with Crippen LogP contribution in [-0.4, -0.2) is 24.1 Å². The lowest BCUT2D eigenvalue weighted by molar-refractivity contribution is 0.263. The predicted octanol–water partition coefficient (Wildman–Crippen LogP) is -0.667. The summed E-state index contributed by atoms with van der Waals surface area (Å²) in [5, 5.41) is 15.2. The van der Waals surface area contributed by atoms with Crippen LogP contribution >= 0.6 is 24.8 Å². The van der Waals surface area contributed by atoms with Gasteiger partial charge in [0.25, 0.3) is 0 Å². The zero-order valence-corrected chi connectivity index (χ0v) is 7.04. The fourth-order valence-corrected chi connectivity index (χ4v) is 0.300. The van der Waals surface area contributed by atoms with Gasteiger partial charge in [-0.15, -0.1) is 24.8 Å². The summed E-state index contributed by atoms with van der Waals surface area (Å²) < 4.78 is 0. The quantitative estimate of drug-likeness (QED) is 0.351. The molecule has 6 N–H and O–H groups in total. The average molecular weight is 190 g/mol. The number of halogens is 2. The van der Waals surface area contributed by atoms with Crippen molar-refractivity contribution in [3.05, 3.63) is 0 Å². The van der Waals surface area contributed by atoms with E-state index in [2.05, 4.69) is 0 Å². The summed E-state index contributed by atoms with van der Waals surface area (Å²) >= 11 is 0. The number of hydrogen-bond donors (Lipinski definition) is 4. The van der Waals surface area contributed by atoms with E-state index in [1.807, 2.05) is 0 Å². The highest BCUT2D eigenvalue weighted by molar-refractivity contribution is 5.85. The molecule has 0 saturated heterocycles. The lowest BCUT2D eigenvalue weighted by Gasteiger charge is -2.06. The zero-order valence-electron chi connectivity index (χ0n) is 5.41. The normalized spacial score (nSPS) is 10.6. The van der Waals surface area contributed by atoms with Gasteiger partial charge in [0.1, 0.15) is 0 Å². The molecule has 0 aliphatic rings. The Morgan fingerprint density at radius 1 is 1.50 bits per heavy atom. The summed E-state index contributed by atoms with van der Waals surface area (Å²) in [6.07, 6.45) is 0. The van der Waals surface area contributed by atoms with Crippen molar-refractivity contribution in [3.8, 4) is 0 Å². The minimum absolute atomic E-state index is 0. The molecule has 0 heterocycles. The van der Waals surface area contributed by atoms with Crippen molar-refractivity contribution in [1.29, 1.82) is 5.41 Å². The fourth-order valence-electron chi connectivity index (χ4n) is 0.300. The monoisotopic (exact) mass is 189 g/mol. The maximum Gasteiger partial charge on any atom is 0.0973 e. The number of rotatable bonds is 3. The van der Waals surface area contributed by atoms with Crippen molar-refractivity contribution in [1.82, 2.24) is 0 Å². The first kappa shape index (κ1) is 16.5. The van der Waals surface area contributed by atoms with Crippen LogP contribution in [-0.2, 0) is 0 Å². The molecular formula is C4H13Cl2N3O. The number of amidine groups is 1. The van der Waals surface area contributed by atoms with Crippen LogP contribution in [0.4, 0.5) is 0 Å². The number of nitrogens with one attached hydrogen (secondary N) is 1. The Bertz CT molecular complexity index is 86.6. The second kappa shape index (κ2) is 8.97. The third-order valence-electron chi connectivity index (χ3n) is 0.945. The van der Waals surface area contributed by atoms with Crippen LogP contribution in [0.2, 0.25) is 0 Å². The van der Waals surface area contributed by atoms with Crippen molar-refractivity contribution >= 4 is 30.6 Å². The minimum Gasteiger partial charge on any atom is -0.396 e. The summed E-state index contributed by atoms with van der Waals surface area (Å²) in [5.74, 6) is -0.398. The Labute approximate surface area is 72.3 Å². The van der Waals surface area contributed by atoms with Crippen LogP contribution in [0.3, 0.4) is 0 Å². The number of hydrogen-bond acceptors (Lipinski definition) is 3. The first-order valence-electron chi connectivity index (χ1n) is 2.37. The molecule has 64 valence electrons. The second-order valence-corrected chi connectivity index (χ2v) is 1.57. The summed E-state index contributed by atoms with van der Waals surface area (Å²) in [6, 6.07) is 0. The van der Waals surface area contributed by atoms with E-state index in [1.54, 1.807) is 0 Å². The number of nitrogens with two attached hydrogens (primary N) is 2. The van der Waals surface area contributed by atoms with Crippen molar-refractivity contribution in [2.45, 2.75) is 0 Å². The van der Waals surface area contributed by atoms with E-state index >= 15 is 0 Å². The lowest BCUT2D eigenvalue weighted by atomic mass is 10.1. The van der Waals surface area contributed by atoms with Gasteiger partial charge in [0.2, 0.25) is 0 Å². The van der Waals surface area contributed by atoms with Gasteiger partial charge in [-0.3, -0.25) is 5.41 Å². The zero-order chi connectivity index (χ0) is 6.57. The Kier molecular flexibility index (Phi) is 14.8. The van der Waals surface area contributed by atoms with Gasteiger partial charge in [0, 0.05) is 6.54 Å². The van der Waals surface area contributed by atoms with Gasteiger partial charge in [0.05, 0.1) is 18.4 Å². The molecule has 0 aliphatic carbocycles. The minimum atomic E-state index is -0.352. The molecule has 0 spiro atoms. The average Bonchev–Trinajstić information content (AvgIpc) is 1.69. The van der Waals surface area contributed by atoms with E-state index in [0.29, 0.717) is 0 Å². The topological polar surface area (TPSA) is 96.1 Å². The Morgan fingerprint density at radius 2 is 1.90 bits per heavy atom. The second-order valence-electron chi connectivity index (χ2n) is 1.57. The number of aliphatic hydroxyl groups is 1. The Balaban J connectivity index is -0.000000245. The van der Waals surface area contributed by atoms with E-state index in [0.717, 1.165) is 0 Å².